The number of pyridine rings is 1. The van der Waals surface area contributed by atoms with Crippen molar-refractivity contribution < 1.29 is 9.53 Å². The number of hydrogen-bond donors (Lipinski definition) is 3. The van der Waals surface area contributed by atoms with E-state index in [0.29, 0.717) is 31.1 Å². The number of fused-ring (bicyclic) bond motifs is 2. The van der Waals surface area contributed by atoms with Crippen molar-refractivity contribution in [3.05, 3.63) is 41.4 Å². The van der Waals surface area contributed by atoms with Crippen LogP contribution >= 0.6 is 11.6 Å². The number of aromatic nitrogens is 1. The number of hydrogen-bond acceptors (Lipinski definition) is 5. The summed E-state index contributed by atoms with van der Waals surface area (Å²) in [5, 5.41) is 8.92. The molecule has 2 aromatic carbocycles. The Labute approximate surface area is 175 Å². The number of carbonyl (C=O) groups is 1. The van der Waals surface area contributed by atoms with Crippen molar-refractivity contribution in [1.82, 2.24) is 10.3 Å². The fourth-order valence-electron chi connectivity index (χ4n) is 3.28. The zero-order valence-electron chi connectivity index (χ0n) is 16.6. The highest BCUT2D eigenvalue weighted by atomic mass is 35.5. The molecule has 0 radical (unpaired) electrons. The molecule has 0 aliphatic heterocycles. The highest BCUT2D eigenvalue weighted by Crippen LogP contribution is 2.34. The van der Waals surface area contributed by atoms with Gasteiger partial charge in [0.25, 0.3) is 0 Å². The van der Waals surface area contributed by atoms with E-state index < -0.39 is 0 Å². The summed E-state index contributed by atoms with van der Waals surface area (Å²) in [5.74, 6) is 0.791. The van der Waals surface area contributed by atoms with E-state index in [4.69, 9.17) is 27.1 Å². The van der Waals surface area contributed by atoms with Crippen LogP contribution in [0.3, 0.4) is 0 Å². The van der Waals surface area contributed by atoms with Gasteiger partial charge in [-0.2, -0.15) is 0 Å². The molecule has 0 bridgehead atoms. The lowest BCUT2D eigenvalue weighted by Gasteiger charge is -2.14. The molecule has 3 aromatic rings. The Morgan fingerprint density at radius 3 is 2.72 bits per heavy atom. The van der Waals surface area contributed by atoms with Crippen molar-refractivity contribution in [3.63, 3.8) is 0 Å². The van der Waals surface area contributed by atoms with E-state index in [2.05, 4.69) is 10.6 Å². The summed E-state index contributed by atoms with van der Waals surface area (Å²) < 4.78 is 5.37. The molecular formula is C22H27ClN4O2. The topological polar surface area (TPSA) is 89.3 Å². The summed E-state index contributed by atoms with van der Waals surface area (Å²) >= 11 is 6.16. The molecule has 3 rings (SSSR count). The van der Waals surface area contributed by atoms with Gasteiger partial charge in [0.15, 0.2) is 0 Å². The summed E-state index contributed by atoms with van der Waals surface area (Å²) in [6.45, 7) is 1.90. The Bertz CT molecular complexity index is 993. The van der Waals surface area contributed by atoms with Gasteiger partial charge in [-0.1, -0.05) is 18.0 Å². The Balaban J connectivity index is 1.75. The number of rotatable bonds is 10. The molecule has 0 unspecified atom stereocenters. The van der Waals surface area contributed by atoms with E-state index in [9.17, 15) is 4.79 Å². The maximum atomic E-state index is 12.1. The number of nitrogens with one attached hydrogen (secondary N) is 2. The second-order valence-corrected chi connectivity index (χ2v) is 7.34. The number of carbonyl (C=O) groups excluding carboxylic acids is 1. The van der Waals surface area contributed by atoms with Crippen LogP contribution in [0.15, 0.2) is 36.4 Å². The molecule has 4 N–H and O–H groups in total. The van der Waals surface area contributed by atoms with E-state index >= 15 is 0 Å². The number of methoxy groups -OCH3 is 1. The van der Waals surface area contributed by atoms with Crippen LogP contribution in [0, 0.1) is 0 Å². The highest BCUT2D eigenvalue weighted by molar-refractivity contribution is 6.31. The second kappa shape index (κ2) is 10.3. The Morgan fingerprint density at radius 2 is 1.93 bits per heavy atom. The van der Waals surface area contributed by atoms with Gasteiger partial charge in [0, 0.05) is 35.3 Å². The third-order valence-corrected chi connectivity index (χ3v) is 5.04. The molecular weight excluding hydrogens is 388 g/mol. The molecule has 1 aromatic heterocycles. The van der Waals surface area contributed by atoms with Crippen molar-refractivity contribution in [1.29, 1.82) is 0 Å². The molecule has 0 spiro atoms. The molecule has 0 saturated carbocycles. The first-order valence-corrected chi connectivity index (χ1v) is 10.3. The van der Waals surface area contributed by atoms with Gasteiger partial charge in [0.1, 0.15) is 5.75 Å². The van der Waals surface area contributed by atoms with E-state index in [1.165, 1.54) is 0 Å². The van der Waals surface area contributed by atoms with Crippen LogP contribution < -0.4 is 21.1 Å². The summed E-state index contributed by atoms with van der Waals surface area (Å²) in [5.41, 5.74) is 8.06. The van der Waals surface area contributed by atoms with Gasteiger partial charge in [-0.15, -0.1) is 0 Å². The van der Waals surface area contributed by atoms with Crippen molar-refractivity contribution in [2.75, 3.05) is 32.1 Å². The van der Waals surface area contributed by atoms with E-state index in [-0.39, 0.29) is 5.91 Å². The fraction of sp³-hybridized carbons (Fsp3) is 0.364. The monoisotopic (exact) mass is 414 g/mol. The minimum Gasteiger partial charge on any atom is -0.497 e. The number of nitrogens with two attached hydrogens (primary N) is 1. The van der Waals surface area contributed by atoms with Gasteiger partial charge in [0.05, 0.1) is 23.8 Å². The van der Waals surface area contributed by atoms with Gasteiger partial charge in [-0.25, -0.2) is 4.98 Å². The molecule has 6 nitrogen and oxygen atoms in total. The lowest BCUT2D eigenvalue weighted by Crippen LogP contribution is -2.26. The predicted octanol–water partition coefficient (Wildman–Crippen LogP) is 4.10. The summed E-state index contributed by atoms with van der Waals surface area (Å²) in [4.78, 5) is 16.8. The number of ether oxygens (including phenoxy) is 1. The molecule has 0 saturated heterocycles. The summed E-state index contributed by atoms with van der Waals surface area (Å²) in [7, 11) is 1.64. The molecule has 0 aliphatic rings. The Kier molecular flexibility index (Phi) is 7.49. The third-order valence-electron chi connectivity index (χ3n) is 4.80. The number of unbranched alkanes of at least 4 members (excludes halogenated alkanes) is 2. The Morgan fingerprint density at radius 1 is 1.07 bits per heavy atom. The fourth-order valence-corrected chi connectivity index (χ4v) is 3.44. The number of anilines is 1. The number of nitrogens with zero attached hydrogens (tertiary/aromatic N) is 1. The SMILES string of the molecule is COc1ccc2nc3cc(Cl)ccc3c(NCCC(=O)NCCCCCN)c2c1. The van der Waals surface area contributed by atoms with E-state index in [1.54, 1.807) is 7.11 Å². The van der Waals surface area contributed by atoms with E-state index in [0.717, 1.165) is 52.5 Å². The zero-order valence-corrected chi connectivity index (χ0v) is 17.4. The number of amides is 1. The molecule has 29 heavy (non-hydrogen) atoms. The van der Waals surface area contributed by atoms with Gasteiger partial charge >= 0.3 is 0 Å². The van der Waals surface area contributed by atoms with Gasteiger partial charge in [-0.05, 0) is 55.8 Å². The smallest absolute Gasteiger partial charge is 0.221 e. The van der Waals surface area contributed by atoms with Crippen LogP contribution in [0.1, 0.15) is 25.7 Å². The first-order chi connectivity index (χ1) is 14.1. The summed E-state index contributed by atoms with van der Waals surface area (Å²) in [6.07, 6.45) is 3.37. The van der Waals surface area contributed by atoms with Crippen LogP contribution in [0.5, 0.6) is 5.75 Å². The van der Waals surface area contributed by atoms with E-state index in [1.807, 2.05) is 36.4 Å². The van der Waals surface area contributed by atoms with Crippen LogP contribution in [-0.2, 0) is 4.79 Å². The number of halogens is 1. The molecule has 1 amide bonds. The van der Waals surface area contributed by atoms with Crippen molar-refractivity contribution in [3.8, 4) is 5.75 Å². The maximum Gasteiger partial charge on any atom is 0.221 e. The number of benzene rings is 2. The lowest BCUT2D eigenvalue weighted by molar-refractivity contribution is -0.120. The standard InChI is InChI=1S/C22H27ClN4O2/c1-29-16-6-8-19-18(14-16)22(17-7-5-15(23)13-20(17)27-19)26-12-9-21(28)25-11-4-2-3-10-24/h5-8,13-14H,2-4,9-12,24H2,1H3,(H,25,28)(H,26,27). The molecule has 0 aliphatic carbocycles. The van der Waals surface area contributed by atoms with Crippen LogP contribution in [0.2, 0.25) is 5.02 Å². The minimum absolute atomic E-state index is 0.0357. The van der Waals surface area contributed by atoms with Crippen LogP contribution in [0.25, 0.3) is 21.8 Å². The van der Waals surface area contributed by atoms with Crippen molar-refractivity contribution >= 4 is 45.0 Å². The molecule has 1 heterocycles. The summed E-state index contributed by atoms with van der Waals surface area (Å²) in [6, 6.07) is 11.4. The largest absolute Gasteiger partial charge is 0.497 e. The average Bonchev–Trinajstić information content (AvgIpc) is 2.72. The van der Waals surface area contributed by atoms with Crippen LogP contribution in [-0.4, -0.2) is 37.6 Å². The Hall–Kier alpha value is -2.57. The molecule has 0 atom stereocenters. The molecule has 154 valence electrons. The highest BCUT2D eigenvalue weighted by Gasteiger charge is 2.11. The molecule has 0 fully saturated rings. The van der Waals surface area contributed by atoms with Crippen molar-refractivity contribution in [2.45, 2.75) is 25.7 Å². The average molecular weight is 415 g/mol. The predicted molar refractivity (Wildman–Crippen MR) is 120 cm³/mol. The van der Waals surface area contributed by atoms with Gasteiger partial charge in [0.2, 0.25) is 5.91 Å². The maximum absolute atomic E-state index is 12.1. The minimum atomic E-state index is 0.0357. The second-order valence-electron chi connectivity index (χ2n) is 6.91. The normalized spacial score (nSPS) is 11.0. The van der Waals surface area contributed by atoms with Gasteiger partial charge < -0.3 is 21.1 Å². The molecule has 7 heteroatoms. The lowest BCUT2D eigenvalue weighted by atomic mass is 10.1. The van der Waals surface area contributed by atoms with Gasteiger partial charge in [-0.3, -0.25) is 4.79 Å². The zero-order chi connectivity index (χ0) is 20.6. The van der Waals surface area contributed by atoms with Crippen molar-refractivity contribution in [2.24, 2.45) is 5.73 Å². The quantitative estimate of drug-likeness (QED) is 0.343. The first kappa shape index (κ1) is 21.1. The third kappa shape index (κ3) is 5.49. The first-order valence-electron chi connectivity index (χ1n) is 9.90. The van der Waals surface area contributed by atoms with Crippen LogP contribution in [0.4, 0.5) is 5.69 Å².